The number of fused-ring (bicyclic) bond motifs is 4. The number of pyridine rings is 1. The number of nitrogen functional groups attached to an aromatic ring is 1. The van der Waals surface area contributed by atoms with Gasteiger partial charge >= 0.3 is 6.18 Å². The maximum atomic E-state index is 14.1. The first-order chi connectivity index (χ1) is 18.4. The molecule has 10 nitrogen and oxygen atoms in total. The molecule has 2 aliphatic heterocycles. The molecule has 2 saturated heterocycles. The van der Waals surface area contributed by atoms with Crippen molar-refractivity contribution in [2.45, 2.75) is 37.9 Å². The van der Waals surface area contributed by atoms with E-state index in [1.807, 2.05) is 0 Å². The molecule has 0 amide bonds. The van der Waals surface area contributed by atoms with E-state index in [9.17, 15) is 22.4 Å². The molecule has 0 spiro atoms. The van der Waals surface area contributed by atoms with Gasteiger partial charge < -0.3 is 15.0 Å². The first-order valence-electron chi connectivity index (χ1n) is 12.4. The molecule has 0 aliphatic carbocycles. The molecule has 4 aromatic heterocycles. The van der Waals surface area contributed by atoms with Crippen molar-refractivity contribution in [1.82, 2.24) is 34.2 Å². The average Bonchev–Trinajstić information content (AvgIpc) is 3.56. The molecule has 6 heterocycles. The number of aromatic nitrogens is 6. The molecule has 39 heavy (non-hydrogen) atoms. The SMILES string of the molecule is Cc1cc(N)nc(-c2nn(C)c3c4c(=O)[nH]c(OC[C@@]56CCCN5C/C(=C\F)C6)nc4n(C)c23)c1C(F)(F)F. The van der Waals surface area contributed by atoms with Gasteiger partial charge in [0.15, 0.2) is 5.65 Å². The van der Waals surface area contributed by atoms with Crippen LogP contribution in [-0.2, 0) is 20.3 Å². The number of halogens is 4. The highest BCUT2D eigenvalue weighted by Crippen LogP contribution is 2.43. The zero-order chi connectivity index (χ0) is 27.9. The number of nitrogens with zero attached hydrogens (tertiary/aromatic N) is 6. The van der Waals surface area contributed by atoms with Gasteiger partial charge in [0.05, 0.1) is 22.9 Å². The summed E-state index contributed by atoms with van der Waals surface area (Å²) in [5.41, 5.74) is 4.84. The number of nitrogens with two attached hydrogens (primary N) is 1. The zero-order valence-electron chi connectivity index (χ0n) is 21.5. The Morgan fingerprint density at radius 1 is 1.23 bits per heavy atom. The highest BCUT2D eigenvalue weighted by molar-refractivity contribution is 6.09. The Labute approximate surface area is 219 Å². The second-order valence-corrected chi connectivity index (χ2v) is 10.4. The maximum absolute atomic E-state index is 14.1. The number of anilines is 1. The third-order valence-electron chi connectivity index (χ3n) is 7.86. The molecule has 0 unspecified atom stereocenters. The Kier molecular flexibility index (Phi) is 5.54. The summed E-state index contributed by atoms with van der Waals surface area (Å²) in [6, 6.07) is 1.13. The summed E-state index contributed by atoms with van der Waals surface area (Å²) in [5.74, 6) is -0.0854. The zero-order valence-corrected chi connectivity index (χ0v) is 21.5. The molecule has 0 bridgehead atoms. The topological polar surface area (TPSA) is 120 Å². The standard InChI is InChI=1S/C25H26F4N8O2/c1-12-7-14(30)31-17(16(12)25(27,28)29)18-20-19(36(3)34-18)15-21(35(20)2)32-23(33-22(15)38)39-11-24-5-4-6-37(24)10-13(8-24)9-26/h7,9H,4-6,8,10-11H2,1-3H3,(H2,30,31)(H,32,33,38)/b13-9-/t24-/m0/s1. The van der Waals surface area contributed by atoms with Crippen LogP contribution in [0.15, 0.2) is 22.8 Å². The van der Waals surface area contributed by atoms with E-state index in [1.165, 1.54) is 23.2 Å². The molecule has 4 aromatic rings. The molecular weight excluding hydrogens is 520 g/mol. The van der Waals surface area contributed by atoms with Gasteiger partial charge in [0.2, 0.25) is 0 Å². The van der Waals surface area contributed by atoms with Crippen LogP contribution in [0, 0.1) is 6.92 Å². The highest BCUT2D eigenvalue weighted by atomic mass is 19.4. The quantitative estimate of drug-likeness (QED) is 0.376. The van der Waals surface area contributed by atoms with Crippen LogP contribution in [0.25, 0.3) is 33.5 Å². The van der Waals surface area contributed by atoms with Gasteiger partial charge in [0, 0.05) is 20.6 Å². The summed E-state index contributed by atoms with van der Waals surface area (Å²) in [4.78, 5) is 26.6. The van der Waals surface area contributed by atoms with E-state index in [-0.39, 0.29) is 51.8 Å². The first-order valence-corrected chi connectivity index (χ1v) is 12.4. The van der Waals surface area contributed by atoms with Crippen LogP contribution >= 0.6 is 0 Å². The van der Waals surface area contributed by atoms with Crippen LogP contribution in [0.4, 0.5) is 23.4 Å². The van der Waals surface area contributed by atoms with Crippen molar-refractivity contribution in [3.8, 4) is 17.4 Å². The van der Waals surface area contributed by atoms with Gasteiger partial charge in [-0.1, -0.05) is 0 Å². The third kappa shape index (κ3) is 3.79. The molecule has 0 radical (unpaired) electrons. The monoisotopic (exact) mass is 546 g/mol. The maximum Gasteiger partial charge on any atom is 0.418 e. The Morgan fingerprint density at radius 3 is 2.72 bits per heavy atom. The molecular formula is C25H26F4N8O2. The summed E-state index contributed by atoms with van der Waals surface area (Å²) < 4.78 is 64.3. The fraction of sp³-hybridized carbons (Fsp3) is 0.440. The number of aromatic amines is 1. The third-order valence-corrected chi connectivity index (χ3v) is 7.86. The van der Waals surface area contributed by atoms with E-state index in [4.69, 9.17) is 10.5 Å². The van der Waals surface area contributed by atoms with Gasteiger partial charge in [-0.25, -0.2) is 9.37 Å². The molecule has 3 N–H and O–H groups in total. The van der Waals surface area contributed by atoms with Crippen LogP contribution < -0.4 is 16.0 Å². The van der Waals surface area contributed by atoms with Gasteiger partial charge in [-0.15, -0.1) is 0 Å². The lowest BCUT2D eigenvalue weighted by molar-refractivity contribution is -0.137. The lowest BCUT2D eigenvalue weighted by Gasteiger charge is -2.30. The van der Waals surface area contributed by atoms with Crippen LogP contribution in [0.2, 0.25) is 0 Å². The van der Waals surface area contributed by atoms with E-state index in [0.717, 1.165) is 25.5 Å². The van der Waals surface area contributed by atoms with Crippen molar-refractivity contribution in [3.63, 3.8) is 0 Å². The van der Waals surface area contributed by atoms with Gasteiger partial charge in [-0.3, -0.25) is 19.4 Å². The molecule has 2 aliphatic rings. The minimum atomic E-state index is -4.71. The van der Waals surface area contributed by atoms with Crippen molar-refractivity contribution < 1.29 is 22.3 Å². The van der Waals surface area contributed by atoms with E-state index in [1.54, 1.807) is 7.05 Å². The second-order valence-electron chi connectivity index (χ2n) is 10.4. The minimum Gasteiger partial charge on any atom is -0.463 e. The molecule has 6 rings (SSSR count). The summed E-state index contributed by atoms with van der Waals surface area (Å²) in [7, 11) is 3.12. The highest BCUT2D eigenvalue weighted by Gasteiger charge is 2.47. The number of alkyl halides is 3. The average molecular weight is 547 g/mol. The van der Waals surface area contributed by atoms with E-state index < -0.39 is 23.0 Å². The number of H-pyrrole nitrogens is 1. The smallest absolute Gasteiger partial charge is 0.418 e. The number of aryl methyl sites for hydroxylation is 3. The van der Waals surface area contributed by atoms with Crippen molar-refractivity contribution in [2.24, 2.45) is 14.1 Å². The van der Waals surface area contributed by atoms with Crippen LogP contribution in [0.1, 0.15) is 30.4 Å². The Balaban J connectivity index is 1.47. The number of hydrogen-bond acceptors (Lipinski definition) is 7. The number of nitrogens with one attached hydrogen (secondary N) is 1. The summed E-state index contributed by atoms with van der Waals surface area (Å²) in [5, 5.41) is 4.47. The molecule has 206 valence electrons. The summed E-state index contributed by atoms with van der Waals surface area (Å²) >= 11 is 0. The predicted molar refractivity (Wildman–Crippen MR) is 136 cm³/mol. The van der Waals surface area contributed by atoms with Gasteiger partial charge in [-0.05, 0) is 49.9 Å². The molecule has 1 atom stereocenters. The Hall–Kier alpha value is -3.94. The molecule has 0 aromatic carbocycles. The van der Waals surface area contributed by atoms with Gasteiger partial charge in [0.25, 0.3) is 11.6 Å². The van der Waals surface area contributed by atoms with Crippen molar-refractivity contribution in [1.29, 1.82) is 0 Å². The Morgan fingerprint density at radius 2 is 2.00 bits per heavy atom. The van der Waals surface area contributed by atoms with Crippen LogP contribution in [-0.4, -0.2) is 59.4 Å². The normalized spacial score (nSPS) is 21.1. The number of ether oxygens (including phenoxy) is 1. The summed E-state index contributed by atoms with van der Waals surface area (Å²) in [6.45, 7) is 2.89. The lowest BCUT2D eigenvalue weighted by atomic mass is 9.94. The van der Waals surface area contributed by atoms with E-state index >= 15 is 0 Å². The minimum absolute atomic E-state index is 0.0271. The van der Waals surface area contributed by atoms with Gasteiger partial charge in [-0.2, -0.15) is 23.3 Å². The van der Waals surface area contributed by atoms with Crippen molar-refractivity contribution in [2.75, 3.05) is 25.4 Å². The molecule has 14 heteroatoms. The predicted octanol–water partition coefficient (Wildman–Crippen LogP) is 3.59. The second kappa shape index (κ2) is 8.53. The fourth-order valence-electron chi connectivity index (χ4n) is 6.22. The molecule has 2 fully saturated rings. The van der Waals surface area contributed by atoms with E-state index in [2.05, 4.69) is 25.0 Å². The van der Waals surface area contributed by atoms with Crippen molar-refractivity contribution in [3.05, 3.63) is 39.4 Å². The number of hydrogen-bond donors (Lipinski definition) is 2. The van der Waals surface area contributed by atoms with Crippen LogP contribution in [0.3, 0.4) is 0 Å². The molecule has 0 saturated carbocycles. The Bertz CT molecular complexity index is 1730. The largest absolute Gasteiger partial charge is 0.463 e. The lowest BCUT2D eigenvalue weighted by Crippen LogP contribution is -2.43. The number of rotatable bonds is 4. The van der Waals surface area contributed by atoms with Gasteiger partial charge in [0.1, 0.15) is 34.7 Å². The van der Waals surface area contributed by atoms with Crippen LogP contribution in [0.5, 0.6) is 6.01 Å². The first kappa shape index (κ1) is 25.3. The summed E-state index contributed by atoms with van der Waals surface area (Å²) in [6.07, 6.45) is -1.74. The van der Waals surface area contributed by atoms with Crippen molar-refractivity contribution >= 4 is 27.9 Å². The fourth-order valence-corrected chi connectivity index (χ4v) is 6.22. The van der Waals surface area contributed by atoms with E-state index in [0.29, 0.717) is 30.4 Å².